The minimum Gasteiger partial charge on any atom is -0.359 e. The maximum atomic E-state index is 12.2. The minimum absolute atomic E-state index is 0.0347. The van der Waals surface area contributed by atoms with E-state index in [2.05, 4.69) is 10.6 Å². The number of benzene rings is 2. The second-order valence-electron chi connectivity index (χ2n) is 5.58. The van der Waals surface area contributed by atoms with Crippen molar-refractivity contribution in [3.05, 3.63) is 69.9 Å². The Morgan fingerprint density at radius 3 is 2.54 bits per heavy atom. The fourth-order valence-electron chi connectivity index (χ4n) is 2.31. The third-order valence-electron chi connectivity index (χ3n) is 3.43. The van der Waals surface area contributed by atoms with Crippen molar-refractivity contribution in [2.45, 2.75) is 20.8 Å². The number of anilines is 2. The van der Waals surface area contributed by atoms with Gasteiger partial charge in [0.1, 0.15) is 11.6 Å². The summed E-state index contributed by atoms with van der Waals surface area (Å²) in [5.41, 5.74) is 4.30. The summed E-state index contributed by atoms with van der Waals surface area (Å²) in [7, 11) is 0. The Kier molecular flexibility index (Phi) is 5.62. The van der Waals surface area contributed by atoms with Crippen LogP contribution in [0.3, 0.4) is 0 Å². The second-order valence-corrected chi connectivity index (χ2v) is 5.98. The van der Waals surface area contributed by atoms with Gasteiger partial charge in [0, 0.05) is 11.9 Å². The monoisotopic (exact) mass is 339 g/mol. The van der Waals surface area contributed by atoms with E-state index in [1.807, 2.05) is 57.2 Å². The molecule has 24 heavy (non-hydrogen) atoms. The van der Waals surface area contributed by atoms with Crippen LogP contribution in [0.15, 0.2) is 48.2 Å². The average molecular weight is 340 g/mol. The molecule has 0 atom stereocenters. The lowest BCUT2D eigenvalue weighted by Gasteiger charge is -2.10. The van der Waals surface area contributed by atoms with E-state index in [1.54, 1.807) is 6.07 Å². The van der Waals surface area contributed by atoms with Crippen molar-refractivity contribution in [2.75, 3.05) is 10.6 Å². The molecule has 0 heterocycles. The first-order valence-corrected chi connectivity index (χ1v) is 7.80. The van der Waals surface area contributed by atoms with Gasteiger partial charge in [-0.2, -0.15) is 5.26 Å². The van der Waals surface area contributed by atoms with Crippen molar-refractivity contribution >= 4 is 28.9 Å². The topological polar surface area (TPSA) is 64.9 Å². The van der Waals surface area contributed by atoms with E-state index < -0.39 is 5.91 Å². The summed E-state index contributed by atoms with van der Waals surface area (Å²) < 4.78 is 0. The molecule has 5 heteroatoms. The van der Waals surface area contributed by atoms with Crippen molar-refractivity contribution in [1.29, 1.82) is 5.26 Å². The number of hydrogen-bond acceptors (Lipinski definition) is 3. The van der Waals surface area contributed by atoms with Gasteiger partial charge in [0.15, 0.2) is 0 Å². The van der Waals surface area contributed by atoms with Gasteiger partial charge in [-0.3, -0.25) is 4.79 Å². The molecule has 2 rings (SSSR count). The van der Waals surface area contributed by atoms with E-state index in [0.29, 0.717) is 16.4 Å². The van der Waals surface area contributed by atoms with E-state index in [9.17, 15) is 10.1 Å². The minimum atomic E-state index is -0.475. The van der Waals surface area contributed by atoms with E-state index in [1.165, 1.54) is 6.20 Å². The van der Waals surface area contributed by atoms with Gasteiger partial charge in [0.25, 0.3) is 5.91 Å². The summed E-state index contributed by atoms with van der Waals surface area (Å²) >= 11 is 6.21. The number of nitriles is 1. The van der Waals surface area contributed by atoms with Crippen molar-refractivity contribution in [3.8, 4) is 6.07 Å². The lowest BCUT2D eigenvalue weighted by molar-refractivity contribution is -0.112. The molecule has 0 aliphatic rings. The summed E-state index contributed by atoms with van der Waals surface area (Å²) in [6.07, 6.45) is 1.37. The van der Waals surface area contributed by atoms with Gasteiger partial charge in [-0.25, -0.2) is 0 Å². The van der Waals surface area contributed by atoms with E-state index in [0.717, 1.165) is 16.7 Å². The largest absolute Gasteiger partial charge is 0.359 e. The molecule has 0 aliphatic heterocycles. The van der Waals surface area contributed by atoms with Crippen LogP contribution in [-0.2, 0) is 4.79 Å². The maximum Gasteiger partial charge on any atom is 0.267 e. The van der Waals surface area contributed by atoms with Crippen LogP contribution >= 0.6 is 11.6 Å². The molecular weight excluding hydrogens is 322 g/mol. The highest BCUT2D eigenvalue weighted by molar-refractivity contribution is 6.33. The highest BCUT2D eigenvalue weighted by Crippen LogP contribution is 2.27. The molecule has 2 aromatic rings. The van der Waals surface area contributed by atoms with Crippen molar-refractivity contribution < 1.29 is 4.79 Å². The third kappa shape index (κ3) is 4.37. The molecule has 0 fully saturated rings. The Morgan fingerprint density at radius 2 is 1.92 bits per heavy atom. The van der Waals surface area contributed by atoms with Gasteiger partial charge in [-0.05, 0) is 55.7 Å². The number of halogens is 1. The fraction of sp³-hybridized carbons (Fsp3) is 0.158. The Hall–Kier alpha value is -2.77. The lowest BCUT2D eigenvalue weighted by Crippen LogP contribution is -2.14. The highest BCUT2D eigenvalue weighted by atomic mass is 35.5. The van der Waals surface area contributed by atoms with E-state index >= 15 is 0 Å². The first kappa shape index (κ1) is 17.6. The van der Waals surface area contributed by atoms with E-state index in [-0.39, 0.29) is 5.57 Å². The predicted molar refractivity (Wildman–Crippen MR) is 98.1 cm³/mol. The van der Waals surface area contributed by atoms with Crippen molar-refractivity contribution in [3.63, 3.8) is 0 Å². The molecule has 4 nitrogen and oxygen atoms in total. The molecule has 0 spiro atoms. The van der Waals surface area contributed by atoms with Crippen LogP contribution in [0.25, 0.3) is 0 Å². The Morgan fingerprint density at radius 1 is 1.17 bits per heavy atom. The smallest absolute Gasteiger partial charge is 0.267 e. The third-order valence-corrected chi connectivity index (χ3v) is 3.73. The number of aryl methyl sites for hydroxylation is 3. The molecular formula is C19H18ClN3O. The van der Waals surface area contributed by atoms with Crippen LogP contribution < -0.4 is 10.6 Å². The van der Waals surface area contributed by atoms with Gasteiger partial charge >= 0.3 is 0 Å². The zero-order valence-corrected chi connectivity index (χ0v) is 14.5. The van der Waals surface area contributed by atoms with Gasteiger partial charge in [0.05, 0.1) is 10.7 Å². The summed E-state index contributed by atoms with van der Waals surface area (Å²) in [4.78, 5) is 12.2. The molecule has 1 amide bonds. The van der Waals surface area contributed by atoms with Crippen molar-refractivity contribution in [2.24, 2.45) is 0 Å². The number of nitrogens with zero attached hydrogens (tertiary/aromatic N) is 1. The number of carbonyl (C=O) groups is 1. The standard InChI is InChI=1S/C19H18ClN3O/c1-12-5-4-6-16(8-12)23-19(24)15(10-21)11-22-18-14(3)7-13(2)9-17(18)20/h4-9,11,22H,1-3H3,(H,23,24)/b15-11-. The Labute approximate surface area is 146 Å². The average Bonchev–Trinajstić information content (AvgIpc) is 2.49. The lowest BCUT2D eigenvalue weighted by atomic mass is 10.1. The van der Waals surface area contributed by atoms with Crippen LogP contribution in [0.5, 0.6) is 0 Å². The van der Waals surface area contributed by atoms with E-state index in [4.69, 9.17) is 11.6 Å². The predicted octanol–water partition coefficient (Wildman–Crippen LogP) is 4.72. The molecule has 2 aromatic carbocycles. The van der Waals surface area contributed by atoms with Crippen molar-refractivity contribution in [1.82, 2.24) is 0 Å². The zero-order chi connectivity index (χ0) is 17.7. The molecule has 0 unspecified atom stereocenters. The summed E-state index contributed by atoms with van der Waals surface area (Å²) in [5.74, 6) is -0.475. The molecule has 0 radical (unpaired) electrons. The second kappa shape index (κ2) is 7.67. The molecule has 122 valence electrons. The van der Waals surface area contributed by atoms with Gasteiger partial charge in [-0.1, -0.05) is 29.8 Å². The number of carbonyl (C=O) groups excluding carboxylic acids is 1. The van der Waals surface area contributed by atoms with Crippen LogP contribution in [-0.4, -0.2) is 5.91 Å². The first-order valence-electron chi connectivity index (χ1n) is 7.42. The van der Waals surface area contributed by atoms with Crippen LogP contribution in [0.1, 0.15) is 16.7 Å². The molecule has 0 aliphatic carbocycles. The molecule has 2 N–H and O–H groups in total. The van der Waals surface area contributed by atoms with Gasteiger partial charge < -0.3 is 10.6 Å². The quantitative estimate of drug-likeness (QED) is 0.625. The Bertz CT molecular complexity index is 827. The number of amides is 1. The van der Waals surface area contributed by atoms with Gasteiger partial charge in [-0.15, -0.1) is 0 Å². The van der Waals surface area contributed by atoms with Crippen LogP contribution in [0.4, 0.5) is 11.4 Å². The summed E-state index contributed by atoms with van der Waals surface area (Å²) in [6.45, 7) is 5.79. The summed E-state index contributed by atoms with van der Waals surface area (Å²) in [5, 5.41) is 15.4. The fourth-order valence-corrected chi connectivity index (χ4v) is 2.69. The highest BCUT2D eigenvalue weighted by Gasteiger charge is 2.10. The first-order chi connectivity index (χ1) is 11.4. The van der Waals surface area contributed by atoms with Crippen LogP contribution in [0.2, 0.25) is 5.02 Å². The molecule has 0 bridgehead atoms. The molecule has 0 saturated heterocycles. The van der Waals surface area contributed by atoms with Crippen LogP contribution in [0, 0.1) is 32.1 Å². The number of nitrogens with one attached hydrogen (secondary N) is 2. The maximum absolute atomic E-state index is 12.2. The molecule has 0 saturated carbocycles. The normalized spacial score (nSPS) is 10.9. The number of hydrogen-bond donors (Lipinski definition) is 2. The van der Waals surface area contributed by atoms with Gasteiger partial charge in [0.2, 0.25) is 0 Å². The summed E-state index contributed by atoms with van der Waals surface area (Å²) in [6, 6.07) is 13.1. The molecule has 0 aromatic heterocycles. The number of rotatable bonds is 4. The Balaban J connectivity index is 2.18. The SMILES string of the molecule is Cc1cccc(NC(=O)/C(C#N)=C\Nc2c(C)cc(C)cc2Cl)c1. The zero-order valence-electron chi connectivity index (χ0n) is 13.8.